The first-order chi connectivity index (χ1) is 11.6. The summed E-state index contributed by atoms with van der Waals surface area (Å²) >= 11 is 0. The standard InChI is InChI=1S/C20H32O4/c1-2-3-4-5-6-7-8-9-10-11-12-13-20(23)24-19-15-17(21)14-18(22)16-19/h14-16,21-22H,2-13H2,1H3. The van der Waals surface area contributed by atoms with Crippen molar-refractivity contribution in [2.75, 3.05) is 0 Å². The molecule has 0 heterocycles. The predicted molar refractivity (Wildman–Crippen MR) is 96.5 cm³/mol. The van der Waals surface area contributed by atoms with E-state index >= 15 is 0 Å². The molecular weight excluding hydrogens is 304 g/mol. The average Bonchev–Trinajstić information content (AvgIpc) is 2.51. The Morgan fingerprint density at radius 2 is 1.25 bits per heavy atom. The van der Waals surface area contributed by atoms with E-state index in [0.29, 0.717) is 6.42 Å². The molecule has 0 saturated heterocycles. The molecular formula is C20H32O4. The molecule has 0 amide bonds. The second kappa shape index (κ2) is 12.7. The molecule has 136 valence electrons. The highest BCUT2D eigenvalue weighted by molar-refractivity contribution is 5.72. The number of ether oxygens (including phenoxy) is 1. The normalized spacial score (nSPS) is 10.7. The Hall–Kier alpha value is -1.71. The Labute approximate surface area is 145 Å². The van der Waals surface area contributed by atoms with E-state index in [9.17, 15) is 15.0 Å². The van der Waals surface area contributed by atoms with Crippen molar-refractivity contribution in [2.45, 2.75) is 84.0 Å². The molecule has 0 aliphatic carbocycles. The third-order valence-corrected chi connectivity index (χ3v) is 4.09. The van der Waals surface area contributed by atoms with Gasteiger partial charge in [-0.2, -0.15) is 0 Å². The zero-order chi connectivity index (χ0) is 17.6. The molecule has 0 bridgehead atoms. The summed E-state index contributed by atoms with van der Waals surface area (Å²) in [5.41, 5.74) is 0. The summed E-state index contributed by atoms with van der Waals surface area (Å²) in [6, 6.07) is 3.83. The highest BCUT2D eigenvalue weighted by atomic mass is 16.5. The van der Waals surface area contributed by atoms with Crippen molar-refractivity contribution in [1.82, 2.24) is 0 Å². The molecule has 0 aliphatic rings. The minimum Gasteiger partial charge on any atom is -0.508 e. The van der Waals surface area contributed by atoms with E-state index < -0.39 is 0 Å². The van der Waals surface area contributed by atoms with E-state index in [0.717, 1.165) is 19.3 Å². The van der Waals surface area contributed by atoms with Crippen LogP contribution >= 0.6 is 0 Å². The number of carbonyl (C=O) groups is 1. The Morgan fingerprint density at radius 1 is 0.792 bits per heavy atom. The molecule has 0 aliphatic heterocycles. The van der Waals surface area contributed by atoms with Gasteiger partial charge in [0.2, 0.25) is 0 Å². The van der Waals surface area contributed by atoms with Crippen molar-refractivity contribution in [3.05, 3.63) is 18.2 Å². The van der Waals surface area contributed by atoms with Gasteiger partial charge in [-0.15, -0.1) is 0 Å². The van der Waals surface area contributed by atoms with Crippen LogP contribution in [0, 0.1) is 0 Å². The molecule has 0 unspecified atom stereocenters. The number of hydrogen-bond acceptors (Lipinski definition) is 4. The van der Waals surface area contributed by atoms with Gasteiger partial charge in [0.05, 0.1) is 0 Å². The van der Waals surface area contributed by atoms with Gasteiger partial charge in [0.25, 0.3) is 0 Å². The Kier molecular flexibility index (Phi) is 10.7. The summed E-state index contributed by atoms with van der Waals surface area (Å²) in [4.78, 5) is 11.7. The van der Waals surface area contributed by atoms with Gasteiger partial charge in [-0.3, -0.25) is 4.79 Å². The van der Waals surface area contributed by atoms with Crippen molar-refractivity contribution in [3.8, 4) is 17.2 Å². The first-order valence-corrected chi connectivity index (χ1v) is 9.35. The highest BCUT2D eigenvalue weighted by Crippen LogP contribution is 2.26. The zero-order valence-electron chi connectivity index (χ0n) is 14.9. The number of aromatic hydroxyl groups is 2. The molecule has 4 heteroatoms. The van der Waals surface area contributed by atoms with Crippen LogP contribution in [0.3, 0.4) is 0 Å². The van der Waals surface area contributed by atoms with Gasteiger partial charge in [-0.25, -0.2) is 0 Å². The number of esters is 1. The molecule has 2 N–H and O–H groups in total. The van der Waals surface area contributed by atoms with Crippen molar-refractivity contribution >= 4 is 5.97 Å². The van der Waals surface area contributed by atoms with Crippen LogP contribution in [-0.4, -0.2) is 16.2 Å². The number of phenolic OH excluding ortho intramolecular Hbond substituents is 2. The molecule has 4 nitrogen and oxygen atoms in total. The van der Waals surface area contributed by atoms with E-state index in [1.165, 1.54) is 69.6 Å². The van der Waals surface area contributed by atoms with Crippen LogP contribution in [0.15, 0.2) is 18.2 Å². The molecule has 0 spiro atoms. The third-order valence-electron chi connectivity index (χ3n) is 4.09. The highest BCUT2D eigenvalue weighted by Gasteiger charge is 2.07. The number of phenols is 2. The van der Waals surface area contributed by atoms with Crippen molar-refractivity contribution in [1.29, 1.82) is 0 Å². The van der Waals surface area contributed by atoms with Gasteiger partial charge in [0.15, 0.2) is 0 Å². The van der Waals surface area contributed by atoms with Crippen LogP contribution in [0.5, 0.6) is 17.2 Å². The van der Waals surface area contributed by atoms with E-state index in [-0.39, 0.29) is 23.2 Å². The minimum absolute atomic E-state index is 0.118. The van der Waals surface area contributed by atoms with Gasteiger partial charge >= 0.3 is 5.97 Å². The van der Waals surface area contributed by atoms with Gasteiger partial charge < -0.3 is 14.9 Å². The predicted octanol–water partition coefficient (Wildman–Crippen LogP) is 5.70. The fraction of sp³-hybridized carbons (Fsp3) is 0.650. The fourth-order valence-electron chi connectivity index (χ4n) is 2.74. The Bertz CT molecular complexity index is 450. The van der Waals surface area contributed by atoms with Gasteiger partial charge in [0.1, 0.15) is 17.2 Å². The van der Waals surface area contributed by atoms with E-state index in [2.05, 4.69) is 6.92 Å². The topological polar surface area (TPSA) is 66.8 Å². The number of carbonyl (C=O) groups excluding carboxylic acids is 1. The average molecular weight is 336 g/mol. The monoisotopic (exact) mass is 336 g/mol. The van der Waals surface area contributed by atoms with Crippen LogP contribution in [0.4, 0.5) is 0 Å². The molecule has 24 heavy (non-hydrogen) atoms. The Balaban J connectivity index is 1.98. The molecule has 1 aromatic carbocycles. The minimum atomic E-state index is -0.323. The summed E-state index contributed by atoms with van der Waals surface area (Å²) in [6.45, 7) is 2.24. The smallest absolute Gasteiger partial charge is 0.311 e. The molecule has 0 atom stereocenters. The molecule has 1 rings (SSSR count). The maximum absolute atomic E-state index is 11.7. The first-order valence-electron chi connectivity index (χ1n) is 9.35. The largest absolute Gasteiger partial charge is 0.508 e. The van der Waals surface area contributed by atoms with Gasteiger partial charge in [-0.05, 0) is 6.42 Å². The van der Waals surface area contributed by atoms with Crippen molar-refractivity contribution < 1.29 is 19.7 Å². The van der Waals surface area contributed by atoms with Gasteiger partial charge in [-0.1, -0.05) is 71.1 Å². The second-order valence-corrected chi connectivity index (χ2v) is 6.44. The first kappa shape index (κ1) is 20.3. The zero-order valence-corrected chi connectivity index (χ0v) is 14.9. The molecule has 1 aromatic rings. The summed E-state index contributed by atoms with van der Waals surface area (Å²) in [6.07, 6.45) is 14.0. The molecule has 0 radical (unpaired) electrons. The lowest BCUT2D eigenvalue weighted by molar-refractivity contribution is -0.134. The summed E-state index contributed by atoms with van der Waals surface area (Å²) in [7, 11) is 0. The van der Waals surface area contributed by atoms with Crippen LogP contribution in [-0.2, 0) is 4.79 Å². The molecule has 0 fully saturated rings. The summed E-state index contributed by atoms with van der Waals surface area (Å²) < 4.78 is 5.11. The summed E-state index contributed by atoms with van der Waals surface area (Å²) in [5.74, 6) is -0.378. The fourth-order valence-corrected chi connectivity index (χ4v) is 2.74. The third kappa shape index (κ3) is 10.1. The SMILES string of the molecule is CCCCCCCCCCCCCC(=O)Oc1cc(O)cc(O)c1. The second-order valence-electron chi connectivity index (χ2n) is 6.44. The number of rotatable bonds is 13. The van der Waals surface area contributed by atoms with Crippen LogP contribution in [0.1, 0.15) is 84.0 Å². The number of unbranched alkanes of at least 4 members (excludes halogenated alkanes) is 10. The molecule has 0 aromatic heterocycles. The van der Waals surface area contributed by atoms with Crippen molar-refractivity contribution in [3.63, 3.8) is 0 Å². The van der Waals surface area contributed by atoms with Crippen LogP contribution in [0.25, 0.3) is 0 Å². The number of hydrogen-bond donors (Lipinski definition) is 2. The van der Waals surface area contributed by atoms with Crippen LogP contribution < -0.4 is 4.74 Å². The quantitative estimate of drug-likeness (QED) is 0.275. The lowest BCUT2D eigenvalue weighted by Gasteiger charge is -2.06. The van der Waals surface area contributed by atoms with E-state index in [4.69, 9.17) is 4.74 Å². The molecule has 0 saturated carbocycles. The van der Waals surface area contributed by atoms with Crippen molar-refractivity contribution in [2.24, 2.45) is 0 Å². The summed E-state index contributed by atoms with van der Waals surface area (Å²) in [5, 5.41) is 18.7. The lowest BCUT2D eigenvalue weighted by Crippen LogP contribution is -2.07. The van der Waals surface area contributed by atoms with Gasteiger partial charge in [0, 0.05) is 24.6 Å². The number of benzene rings is 1. The van der Waals surface area contributed by atoms with E-state index in [1.54, 1.807) is 0 Å². The van der Waals surface area contributed by atoms with E-state index in [1.807, 2.05) is 0 Å². The maximum atomic E-state index is 11.7. The Morgan fingerprint density at radius 3 is 1.75 bits per heavy atom. The van der Waals surface area contributed by atoms with Crippen LogP contribution in [0.2, 0.25) is 0 Å². The lowest BCUT2D eigenvalue weighted by atomic mass is 10.1. The maximum Gasteiger partial charge on any atom is 0.311 e.